The van der Waals surface area contributed by atoms with Gasteiger partial charge in [-0.25, -0.2) is 0 Å². The summed E-state index contributed by atoms with van der Waals surface area (Å²) in [6.45, 7) is 7.35. The Hall–Kier alpha value is -1.79. The van der Waals surface area contributed by atoms with Gasteiger partial charge in [-0.15, -0.1) is 0 Å². The Morgan fingerprint density at radius 2 is 1.78 bits per heavy atom. The van der Waals surface area contributed by atoms with Gasteiger partial charge >= 0.3 is 5.97 Å². The largest absolute Gasteiger partial charge is 0.491 e. The molecule has 2 rings (SSSR count). The smallest absolute Gasteiger partial charge is 0.320 e. The van der Waals surface area contributed by atoms with Crippen LogP contribution in [-0.4, -0.2) is 70.5 Å². The SMILES string of the molecule is CCOC(=O)CN1CCN(c2ccc(OCCOC)cc2)CC1. The number of methoxy groups -OCH3 is 1. The van der Waals surface area contributed by atoms with Gasteiger partial charge in [-0.05, 0) is 31.2 Å². The normalized spacial score (nSPS) is 15.5. The fourth-order valence-electron chi connectivity index (χ4n) is 2.55. The Morgan fingerprint density at radius 3 is 2.39 bits per heavy atom. The van der Waals surface area contributed by atoms with Crippen molar-refractivity contribution in [3.63, 3.8) is 0 Å². The van der Waals surface area contributed by atoms with Gasteiger partial charge in [-0.3, -0.25) is 9.69 Å². The summed E-state index contributed by atoms with van der Waals surface area (Å²) in [5, 5.41) is 0. The highest BCUT2D eigenvalue weighted by molar-refractivity contribution is 5.71. The summed E-state index contributed by atoms with van der Waals surface area (Å²) < 4.78 is 15.5. The molecule has 0 bridgehead atoms. The molecular formula is C17H26N2O4. The number of benzene rings is 1. The van der Waals surface area contributed by atoms with Crippen molar-refractivity contribution in [3.8, 4) is 5.75 Å². The molecule has 23 heavy (non-hydrogen) atoms. The van der Waals surface area contributed by atoms with Gasteiger partial charge in [0.25, 0.3) is 0 Å². The lowest BCUT2D eigenvalue weighted by Gasteiger charge is -2.35. The van der Waals surface area contributed by atoms with Crippen LogP contribution >= 0.6 is 0 Å². The van der Waals surface area contributed by atoms with Crippen molar-refractivity contribution in [1.29, 1.82) is 0 Å². The first-order chi connectivity index (χ1) is 11.2. The van der Waals surface area contributed by atoms with Crippen molar-refractivity contribution in [2.45, 2.75) is 6.92 Å². The Morgan fingerprint density at radius 1 is 1.09 bits per heavy atom. The predicted molar refractivity (Wildman–Crippen MR) is 89.1 cm³/mol. The van der Waals surface area contributed by atoms with Crippen molar-refractivity contribution < 1.29 is 19.0 Å². The van der Waals surface area contributed by atoms with Gasteiger partial charge in [0.2, 0.25) is 0 Å². The first kappa shape index (κ1) is 17.6. The lowest BCUT2D eigenvalue weighted by atomic mass is 10.2. The summed E-state index contributed by atoms with van der Waals surface area (Å²) >= 11 is 0. The van der Waals surface area contributed by atoms with E-state index >= 15 is 0 Å². The van der Waals surface area contributed by atoms with E-state index in [4.69, 9.17) is 14.2 Å². The molecule has 1 heterocycles. The number of ether oxygens (including phenoxy) is 3. The van der Waals surface area contributed by atoms with Gasteiger partial charge < -0.3 is 19.1 Å². The second kappa shape index (κ2) is 9.37. The number of carbonyl (C=O) groups is 1. The molecule has 1 saturated heterocycles. The van der Waals surface area contributed by atoms with Crippen LogP contribution in [-0.2, 0) is 14.3 Å². The predicted octanol–water partition coefficient (Wildman–Crippen LogP) is 1.40. The second-order valence-electron chi connectivity index (χ2n) is 5.40. The molecule has 128 valence electrons. The van der Waals surface area contributed by atoms with E-state index in [1.54, 1.807) is 7.11 Å². The zero-order valence-electron chi connectivity index (χ0n) is 14.0. The Labute approximate surface area is 137 Å². The molecule has 0 atom stereocenters. The van der Waals surface area contributed by atoms with Crippen LogP contribution in [0.2, 0.25) is 0 Å². The molecule has 0 spiro atoms. The van der Waals surface area contributed by atoms with Crippen LogP contribution in [0, 0.1) is 0 Å². The molecule has 6 nitrogen and oxygen atoms in total. The average Bonchev–Trinajstić information content (AvgIpc) is 2.57. The Kier molecular flexibility index (Phi) is 7.16. The van der Waals surface area contributed by atoms with E-state index in [9.17, 15) is 4.79 Å². The number of hydrogen-bond acceptors (Lipinski definition) is 6. The number of anilines is 1. The summed E-state index contributed by atoms with van der Waals surface area (Å²) in [5.74, 6) is 0.713. The van der Waals surface area contributed by atoms with E-state index in [1.165, 1.54) is 5.69 Å². The molecule has 1 aliphatic heterocycles. The fourth-order valence-corrected chi connectivity index (χ4v) is 2.55. The zero-order valence-corrected chi connectivity index (χ0v) is 14.0. The lowest BCUT2D eigenvalue weighted by Crippen LogP contribution is -2.48. The number of hydrogen-bond donors (Lipinski definition) is 0. The van der Waals surface area contributed by atoms with Crippen molar-refractivity contribution in [2.24, 2.45) is 0 Å². The van der Waals surface area contributed by atoms with Crippen LogP contribution in [0.5, 0.6) is 5.75 Å². The van der Waals surface area contributed by atoms with E-state index < -0.39 is 0 Å². The molecule has 0 saturated carbocycles. The van der Waals surface area contributed by atoms with E-state index in [0.717, 1.165) is 31.9 Å². The molecule has 0 unspecified atom stereocenters. The quantitative estimate of drug-likeness (QED) is 0.533. The molecule has 0 radical (unpaired) electrons. The van der Waals surface area contributed by atoms with Crippen LogP contribution in [0.4, 0.5) is 5.69 Å². The topological polar surface area (TPSA) is 51.2 Å². The summed E-state index contributed by atoms with van der Waals surface area (Å²) in [6, 6.07) is 8.11. The van der Waals surface area contributed by atoms with Crippen LogP contribution in [0.25, 0.3) is 0 Å². The molecule has 1 fully saturated rings. The van der Waals surface area contributed by atoms with Crippen LogP contribution in [0.3, 0.4) is 0 Å². The van der Waals surface area contributed by atoms with Crippen molar-refractivity contribution in [2.75, 3.05) is 64.6 Å². The van der Waals surface area contributed by atoms with Gasteiger partial charge in [0.15, 0.2) is 0 Å². The van der Waals surface area contributed by atoms with Crippen LogP contribution in [0.1, 0.15) is 6.92 Å². The Bertz CT molecular complexity index is 470. The average molecular weight is 322 g/mol. The van der Waals surface area contributed by atoms with Crippen LogP contribution < -0.4 is 9.64 Å². The highest BCUT2D eigenvalue weighted by atomic mass is 16.5. The maximum atomic E-state index is 11.5. The molecule has 0 aromatic heterocycles. The molecule has 0 N–H and O–H groups in total. The highest BCUT2D eigenvalue weighted by Gasteiger charge is 2.19. The third-order valence-electron chi connectivity index (χ3n) is 3.79. The minimum absolute atomic E-state index is 0.140. The minimum Gasteiger partial charge on any atom is -0.491 e. The summed E-state index contributed by atoms with van der Waals surface area (Å²) in [5.41, 5.74) is 1.18. The van der Waals surface area contributed by atoms with Gasteiger partial charge in [0, 0.05) is 39.0 Å². The van der Waals surface area contributed by atoms with E-state index in [2.05, 4.69) is 21.9 Å². The van der Waals surface area contributed by atoms with E-state index in [0.29, 0.717) is 26.4 Å². The molecule has 0 amide bonds. The molecule has 1 aromatic rings. The van der Waals surface area contributed by atoms with Crippen molar-refractivity contribution >= 4 is 11.7 Å². The maximum absolute atomic E-state index is 11.5. The van der Waals surface area contributed by atoms with Crippen LogP contribution in [0.15, 0.2) is 24.3 Å². The van der Waals surface area contributed by atoms with Gasteiger partial charge in [0.1, 0.15) is 12.4 Å². The summed E-state index contributed by atoms with van der Waals surface area (Å²) in [4.78, 5) is 16.0. The maximum Gasteiger partial charge on any atom is 0.320 e. The lowest BCUT2D eigenvalue weighted by molar-refractivity contribution is -0.144. The molecule has 1 aliphatic rings. The zero-order chi connectivity index (χ0) is 16.5. The van der Waals surface area contributed by atoms with Gasteiger partial charge in [-0.1, -0.05) is 0 Å². The minimum atomic E-state index is -0.140. The highest BCUT2D eigenvalue weighted by Crippen LogP contribution is 2.20. The number of carbonyl (C=O) groups excluding carboxylic acids is 1. The molecule has 1 aromatic carbocycles. The number of nitrogens with zero attached hydrogens (tertiary/aromatic N) is 2. The first-order valence-corrected chi connectivity index (χ1v) is 8.07. The third-order valence-corrected chi connectivity index (χ3v) is 3.79. The van der Waals surface area contributed by atoms with Gasteiger partial charge in [0.05, 0.1) is 19.8 Å². The summed E-state index contributed by atoms with van der Waals surface area (Å²) in [7, 11) is 1.66. The number of esters is 1. The van der Waals surface area contributed by atoms with E-state index in [-0.39, 0.29) is 5.97 Å². The van der Waals surface area contributed by atoms with Gasteiger partial charge in [-0.2, -0.15) is 0 Å². The Balaban J connectivity index is 1.77. The third kappa shape index (κ3) is 5.73. The second-order valence-corrected chi connectivity index (χ2v) is 5.40. The summed E-state index contributed by atoms with van der Waals surface area (Å²) in [6.07, 6.45) is 0. The number of rotatable bonds is 8. The number of piperazine rings is 1. The van der Waals surface area contributed by atoms with E-state index in [1.807, 2.05) is 19.1 Å². The standard InChI is InChI=1S/C17H26N2O4/c1-3-22-17(20)14-18-8-10-19(11-9-18)15-4-6-16(7-5-15)23-13-12-21-2/h4-7H,3,8-14H2,1-2H3. The van der Waals surface area contributed by atoms with Crippen molar-refractivity contribution in [3.05, 3.63) is 24.3 Å². The fraction of sp³-hybridized carbons (Fsp3) is 0.588. The molecule has 0 aliphatic carbocycles. The van der Waals surface area contributed by atoms with Crippen molar-refractivity contribution in [1.82, 2.24) is 4.90 Å². The molecular weight excluding hydrogens is 296 g/mol. The molecule has 6 heteroatoms. The monoisotopic (exact) mass is 322 g/mol. The first-order valence-electron chi connectivity index (χ1n) is 8.07.